The molecule has 2 aromatic rings. The van der Waals surface area contributed by atoms with Gasteiger partial charge in [0.15, 0.2) is 11.6 Å². The molecule has 0 atom stereocenters. The van der Waals surface area contributed by atoms with Gasteiger partial charge in [0, 0.05) is 40.3 Å². The summed E-state index contributed by atoms with van der Waals surface area (Å²) < 4.78 is 3.95. The zero-order valence-electron chi connectivity index (χ0n) is 14.8. The maximum atomic E-state index is 12.7. The summed E-state index contributed by atoms with van der Waals surface area (Å²) in [7, 11) is 3.88. The molecule has 9 heteroatoms. The molecule has 0 bridgehead atoms. The average Bonchev–Trinajstić information content (AvgIpc) is 3.10. The van der Waals surface area contributed by atoms with E-state index < -0.39 is 0 Å². The molecule has 2 aromatic heterocycles. The first-order valence-corrected chi connectivity index (χ1v) is 9.24. The van der Waals surface area contributed by atoms with Gasteiger partial charge < -0.3 is 14.7 Å². The lowest BCUT2D eigenvalue weighted by Crippen LogP contribution is -2.49. The van der Waals surface area contributed by atoms with Gasteiger partial charge in [0.1, 0.15) is 4.88 Å². The number of anilines is 2. The zero-order chi connectivity index (χ0) is 17.8. The molecule has 0 saturated carbocycles. The predicted molar refractivity (Wildman–Crippen MR) is 98.4 cm³/mol. The highest BCUT2D eigenvalue weighted by Gasteiger charge is 2.26. The van der Waals surface area contributed by atoms with Crippen molar-refractivity contribution in [2.24, 2.45) is 0 Å². The highest BCUT2D eigenvalue weighted by Crippen LogP contribution is 2.19. The van der Waals surface area contributed by atoms with Crippen molar-refractivity contribution in [3.63, 3.8) is 0 Å². The minimum absolute atomic E-state index is 0.0483. The summed E-state index contributed by atoms with van der Waals surface area (Å²) in [6, 6.07) is 3.94. The molecule has 1 aliphatic rings. The van der Waals surface area contributed by atoms with Gasteiger partial charge in [0.25, 0.3) is 5.91 Å². The van der Waals surface area contributed by atoms with E-state index in [1.807, 2.05) is 36.0 Å². The van der Waals surface area contributed by atoms with Crippen molar-refractivity contribution >= 4 is 29.1 Å². The van der Waals surface area contributed by atoms with Crippen LogP contribution in [0.15, 0.2) is 12.1 Å². The van der Waals surface area contributed by atoms with Crippen molar-refractivity contribution in [2.75, 3.05) is 50.1 Å². The third kappa shape index (κ3) is 3.87. The molecule has 0 spiro atoms. The topological polar surface area (TPSA) is 78.4 Å². The highest BCUT2D eigenvalue weighted by molar-refractivity contribution is 7.08. The van der Waals surface area contributed by atoms with E-state index in [1.54, 1.807) is 0 Å². The molecule has 1 amide bonds. The summed E-state index contributed by atoms with van der Waals surface area (Å²) in [5.41, 5.74) is 0.824. The monoisotopic (exact) mass is 361 g/mol. The maximum Gasteiger partial charge on any atom is 0.267 e. The Morgan fingerprint density at radius 3 is 2.52 bits per heavy atom. The van der Waals surface area contributed by atoms with Gasteiger partial charge in [-0.1, -0.05) is 17.8 Å². The molecular weight excluding hydrogens is 338 g/mol. The van der Waals surface area contributed by atoms with Crippen molar-refractivity contribution < 1.29 is 4.79 Å². The fourth-order valence-electron chi connectivity index (χ4n) is 2.78. The minimum atomic E-state index is 0.0483. The van der Waals surface area contributed by atoms with Crippen molar-refractivity contribution in [3.8, 4) is 0 Å². The molecule has 8 nitrogen and oxygen atoms in total. The largest absolute Gasteiger partial charge is 0.361 e. The van der Waals surface area contributed by atoms with E-state index in [9.17, 15) is 4.79 Å². The Balaban J connectivity index is 1.61. The Kier molecular flexibility index (Phi) is 5.42. The van der Waals surface area contributed by atoms with Crippen LogP contribution in [-0.4, -0.2) is 70.9 Å². The van der Waals surface area contributed by atoms with E-state index in [0.717, 1.165) is 43.3 Å². The molecule has 0 aliphatic carbocycles. The molecule has 25 heavy (non-hydrogen) atoms. The van der Waals surface area contributed by atoms with Crippen molar-refractivity contribution in [3.05, 3.63) is 22.7 Å². The Hall–Kier alpha value is -2.29. The van der Waals surface area contributed by atoms with Gasteiger partial charge in [-0.05, 0) is 30.1 Å². The number of piperazine rings is 1. The van der Waals surface area contributed by atoms with Crippen molar-refractivity contribution in [1.82, 2.24) is 24.7 Å². The summed E-state index contributed by atoms with van der Waals surface area (Å²) in [6.07, 6.45) is 1.76. The van der Waals surface area contributed by atoms with Crippen LogP contribution in [0, 0.1) is 0 Å². The first kappa shape index (κ1) is 17.5. The van der Waals surface area contributed by atoms with Crippen LogP contribution in [0.2, 0.25) is 0 Å². The lowest BCUT2D eigenvalue weighted by atomic mass is 10.2. The number of carbonyl (C=O) groups excluding carboxylic acids is 1. The van der Waals surface area contributed by atoms with Gasteiger partial charge >= 0.3 is 0 Å². The van der Waals surface area contributed by atoms with Crippen LogP contribution < -0.4 is 9.80 Å². The molecule has 3 heterocycles. The Morgan fingerprint density at radius 2 is 1.92 bits per heavy atom. The van der Waals surface area contributed by atoms with Gasteiger partial charge in [0.05, 0.1) is 5.69 Å². The molecule has 1 saturated heterocycles. The van der Waals surface area contributed by atoms with Crippen LogP contribution in [0.1, 0.15) is 28.7 Å². The number of aryl methyl sites for hydroxylation is 1. The fraction of sp³-hybridized carbons (Fsp3) is 0.562. The van der Waals surface area contributed by atoms with Crippen molar-refractivity contribution in [1.29, 1.82) is 0 Å². The zero-order valence-corrected chi connectivity index (χ0v) is 15.7. The number of hydrogen-bond acceptors (Lipinski definition) is 8. The SMILES string of the molecule is CCCc1nnsc1C(=O)N1CCN(c2ccc(N(C)C)nn2)CC1. The Bertz CT molecular complexity index is 708. The minimum Gasteiger partial charge on any atom is -0.361 e. The van der Waals surface area contributed by atoms with E-state index in [1.165, 1.54) is 11.5 Å². The number of amides is 1. The van der Waals surface area contributed by atoms with Crippen molar-refractivity contribution in [2.45, 2.75) is 19.8 Å². The van der Waals surface area contributed by atoms with Gasteiger partial charge in [-0.3, -0.25) is 4.79 Å². The predicted octanol–water partition coefficient (Wildman–Crippen LogP) is 1.31. The summed E-state index contributed by atoms with van der Waals surface area (Å²) in [6.45, 7) is 4.90. The van der Waals surface area contributed by atoms with Crippen LogP contribution in [0.3, 0.4) is 0 Å². The lowest BCUT2D eigenvalue weighted by Gasteiger charge is -2.35. The van der Waals surface area contributed by atoms with E-state index in [0.29, 0.717) is 18.0 Å². The second-order valence-electron chi connectivity index (χ2n) is 6.22. The number of rotatable bonds is 5. The summed E-state index contributed by atoms with van der Waals surface area (Å²) in [5.74, 6) is 1.73. The molecule has 0 radical (unpaired) electrons. The third-order valence-electron chi connectivity index (χ3n) is 4.22. The van der Waals surface area contributed by atoms with Gasteiger partial charge in [-0.25, -0.2) is 0 Å². The van der Waals surface area contributed by atoms with Gasteiger partial charge in [-0.2, -0.15) is 0 Å². The van der Waals surface area contributed by atoms with Crippen LogP contribution in [0.5, 0.6) is 0 Å². The molecule has 3 rings (SSSR count). The molecule has 0 unspecified atom stereocenters. The quantitative estimate of drug-likeness (QED) is 0.794. The maximum absolute atomic E-state index is 12.7. The van der Waals surface area contributed by atoms with Crippen LogP contribution in [-0.2, 0) is 6.42 Å². The summed E-state index contributed by atoms with van der Waals surface area (Å²) in [4.78, 5) is 19.4. The Labute approximate surface area is 151 Å². The highest BCUT2D eigenvalue weighted by atomic mass is 32.1. The van der Waals surface area contributed by atoms with Crippen LogP contribution >= 0.6 is 11.5 Å². The van der Waals surface area contributed by atoms with E-state index in [-0.39, 0.29) is 5.91 Å². The van der Waals surface area contributed by atoms with E-state index >= 15 is 0 Å². The van der Waals surface area contributed by atoms with Crippen LogP contribution in [0.25, 0.3) is 0 Å². The molecular formula is C16H23N7OS. The number of aromatic nitrogens is 4. The molecule has 1 fully saturated rings. The second kappa shape index (κ2) is 7.73. The lowest BCUT2D eigenvalue weighted by molar-refractivity contribution is 0.0750. The average molecular weight is 361 g/mol. The fourth-order valence-corrected chi connectivity index (χ4v) is 3.46. The van der Waals surface area contributed by atoms with Crippen LogP contribution in [0.4, 0.5) is 11.6 Å². The smallest absolute Gasteiger partial charge is 0.267 e. The number of carbonyl (C=O) groups is 1. The molecule has 134 valence electrons. The van der Waals surface area contributed by atoms with E-state index in [2.05, 4.69) is 31.6 Å². The first-order valence-electron chi connectivity index (χ1n) is 8.46. The molecule has 0 aromatic carbocycles. The third-order valence-corrected chi connectivity index (χ3v) is 4.98. The van der Waals surface area contributed by atoms with E-state index in [4.69, 9.17) is 0 Å². The molecule has 0 N–H and O–H groups in total. The van der Waals surface area contributed by atoms with Gasteiger partial charge in [0.2, 0.25) is 0 Å². The number of nitrogens with zero attached hydrogens (tertiary/aromatic N) is 7. The number of hydrogen-bond donors (Lipinski definition) is 0. The molecule has 1 aliphatic heterocycles. The normalized spacial score (nSPS) is 14.7. The second-order valence-corrected chi connectivity index (χ2v) is 6.98. The Morgan fingerprint density at radius 1 is 1.16 bits per heavy atom. The first-order chi connectivity index (χ1) is 12.1. The summed E-state index contributed by atoms with van der Waals surface area (Å²) >= 11 is 1.20. The summed E-state index contributed by atoms with van der Waals surface area (Å²) in [5, 5.41) is 12.6. The standard InChI is InChI=1S/C16H23N7OS/c1-4-5-12-15(25-20-17-12)16(24)23-10-8-22(9-11-23)14-7-6-13(18-19-14)21(2)3/h6-7H,4-5,8-11H2,1-3H3. The van der Waals surface area contributed by atoms with Gasteiger partial charge in [-0.15, -0.1) is 15.3 Å².